The van der Waals surface area contributed by atoms with Gasteiger partial charge in [-0.15, -0.1) is 0 Å². The van der Waals surface area contributed by atoms with Crippen LogP contribution in [0, 0.1) is 0 Å². The third-order valence-electron chi connectivity index (χ3n) is 2.48. The highest BCUT2D eigenvalue weighted by Gasteiger charge is 2.21. The van der Waals surface area contributed by atoms with Gasteiger partial charge in [0.25, 0.3) is 11.5 Å². The maximum Gasteiger partial charge on any atom is 0.261 e. The van der Waals surface area contributed by atoms with E-state index < -0.39 is 0 Å². The number of H-pyrrole nitrogens is 1. The summed E-state index contributed by atoms with van der Waals surface area (Å²) in [4.78, 5) is 25.8. The summed E-state index contributed by atoms with van der Waals surface area (Å²) in [7, 11) is 0. The van der Waals surface area contributed by atoms with E-state index >= 15 is 0 Å². The lowest BCUT2D eigenvalue weighted by Gasteiger charge is -2.05. The molecule has 5 nitrogen and oxygen atoms in total. The van der Waals surface area contributed by atoms with Crippen LogP contribution in [0.3, 0.4) is 0 Å². The summed E-state index contributed by atoms with van der Waals surface area (Å²) >= 11 is 0. The van der Waals surface area contributed by atoms with Gasteiger partial charge in [-0.1, -0.05) is 0 Å². The van der Waals surface area contributed by atoms with Gasteiger partial charge in [-0.05, 0) is 18.1 Å². The van der Waals surface area contributed by atoms with Gasteiger partial charge in [0, 0.05) is 25.8 Å². The van der Waals surface area contributed by atoms with E-state index in [-0.39, 0.29) is 17.0 Å². The molecule has 0 saturated carbocycles. The summed E-state index contributed by atoms with van der Waals surface area (Å²) in [5, 5.41) is 5.76. The fourth-order valence-corrected chi connectivity index (χ4v) is 1.78. The van der Waals surface area contributed by atoms with Gasteiger partial charge in [0.05, 0.1) is 0 Å². The molecule has 0 bridgehead atoms. The van der Waals surface area contributed by atoms with Crippen molar-refractivity contribution in [3.8, 4) is 0 Å². The minimum atomic E-state index is -0.316. The fraction of sp³-hybridized carbons (Fsp3) is 0.400. The number of nitrogens with one attached hydrogen (secondary N) is 3. The average molecular weight is 207 g/mol. The Hall–Kier alpha value is -1.62. The molecule has 15 heavy (non-hydrogen) atoms. The molecular formula is C10H13N3O2. The molecule has 80 valence electrons. The van der Waals surface area contributed by atoms with Crippen LogP contribution in [0.25, 0.3) is 0 Å². The van der Waals surface area contributed by atoms with Crippen LogP contribution in [0.4, 0.5) is 0 Å². The molecule has 0 radical (unpaired) electrons. The molecule has 1 aliphatic heterocycles. The lowest BCUT2D eigenvalue weighted by Crippen LogP contribution is -2.31. The molecule has 0 unspecified atom stereocenters. The monoisotopic (exact) mass is 207 g/mol. The van der Waals surface area contributed by atoms with Crippen LogP contribution in [0.2, 0.25) is 0 Å². The molecule has 0 aliphatic carbocycles. The average Bonchev–Trinajstić information content (AvgIpc) is 2.65. The van der Waals surface area contributed by atoms with Gasteiger partial charge in [-0.3, -0.25) is 9.59 Å². The molecule has 1 aromatic rings. The number of hydrogen-bond acceptors (Lipinski definition) is 3. The van der Waals surface area contributed by atoms with Gasteiger partial charge in [0.1, 0.15) is 5.56 Å². The van der Waals surface area contributed by atoms with Crippen molar-refractivity contribution in [2.75, 3.05) is 6.54 Å². The molecule has 0 atom stereocenters. The zero-order chi connectivity index (χ0) is 10.8. The number of rotatable bonds is 2. The van der Waals surface area contributed by atoms with Gasteiger partial charge in [-0.2, -0.15) is 0 Å². The predicted octanol–water partition coefficient (Wildman–Crippen LogP) is -0.272. The second-order valence-electron chi connectivity index (χ2n) is 3.46. The number of hydrogen-bond donors (Lipinski definition) is 3. The van der Waals surface area contributed by atoms with Gasteiger partial charge >= 0.3 is 0 Å². The predicted molar refractivity (Wildman–Crippen MR) is 55.6 cm³/mol. The van der Waals surface area contributed by atoms with Crippen molar-refractivity contribution in [2.24, 2.45) is 0 Å². The Morgan fingerprint density at radius 1 is 1.53 bits per heavy atom. The molecule has 0 fully saturated rings. The number of aromatic amines is 1. The minimum absolute atomic E-state index is 0.249. The van der Waals surface area contributed by atoms with Gasteiger partial charge < -0.3 is 15.6 Å². The molecule has 5 heteroatoms. The van der Waals surface area contributed by atoms with E-state index in [4.69, 9.17) is 0 Å². The molecule has 1 aliphatic rings. The first-order chi connectivity index (χ1) is 7.24. The third kappa shape index (κ3) is 1.66. The van der Waals surface area contributed by atoms with Crippen LogP contribution in [-0.2, 0) is 13.1 Å². The first-order valence-corrected chi connectivity index (χ1v) is 4.96. The van der Waals surface area contributed by atoms with Crippen LogP contribution in [0.5, 0.6) is 0 Å². The van der Waals surface area contributed by atoms with Crippen molar-refractivity contribution in [2.45, 2.75) is 20.0 Å². The zero-order valence-electron chi connectivity index (χ0n) is 8.52. The van der Waals surface area contributed by atoms with E-state index in [0.29, 0.717) is 19.6 Å². The molecule has 0 spiro atoms. The topological polar surface area (TPSA) is 74.0 Å². The van der Waals surface area contributed by atoms with Crippen LogP contribution in [-0.4, -0.2) is 17.4 Å². The third-order valence-corrected chi connectivity index (χ3v) is 2.48. The SMILES string of the molecule is CCNC(=O)c1c2c(c[nH]c1=O)CNC2. The molecule has 2 heterocycles. The van der Waals surface area contributed by atoms with Crippen molar-refractivity contribution in [3.05, 3.63) is 33.2 Å². The molecule has 1 amide bonds. The first-order valence-electron chi connectivity index (χ1n) is 4.96. The highest BCUT2D eigenvalue weighted by molar-refractivity contribution is 5.95. The summed E-state index contributed by atoms with van der Waals surface area (Å²) in [5.74, 6) is -0.292. The molecular weight excluding hydrogens is 194 g/mol. The van der Waals surface area contributed by atoms with E-state index in [1.807, 2.05) is 6.92 Å². The molecule has 0 saturated heterocycles. The van der Waals surface area contributed by atoms with Crippen LogP contribution in [0.1, 0.15) is 28.4 Å². The van der Waals surface area contributed by atoms with Crippen LogP contribution < -0.4 is 16.2 Å². The Bertz CT molecular complexity index is 450. The number of aromatic nitrogens is 1. The van der Waals surface area contributed by atoms with E-state index in [1.54, 1.807) is 6.20 Å². The maximum absolute atomic E-state index is 11.7. The van der Waals surface area contributed by atoms with E-state index in [1.165, 1.54) is 0 Å². The zero-order valence-corrected chi connectivity index (χ0v) is 8.52. The van der Waals surface area contributed by atoms with Crippen molar-refractivity contribution in [3.63, 3.8) is 0 Å². The Labute approximate surface area is 86.9 Å². The molecule has 1 aromatic heterocycles. The Kier molecular flexibility index (Phi) is 2.55. The minimum Gasteiger partial charge on any atom is -0.352 e. The van der Waals surface area contributed by atoms with Crippen molar-refractivity contribution in [1.29, 1.82) is 0 Å². The Balaban J connectivity index is 2.50. The lowest BCUT2D eigenvalue weighted by molar-refractivity contribution is 0.0953. The normalized spacial score (nSPS) is 13.7. The number of carbonyl (C=O) groups excluding carboxylic acids is 1. The highest BCUT2D eigenvalue weighted by Crippen LogP contribution is 2.15. The van der Waals surface area contributed by atoms with Crippen LogP contribution in [0.15, 0.2) is 11.0 Å². The second-order valence-corrected chi connectivity index (χ2v) is 3.46. The highest BCUT2D eigenvalue weighted by atomic mass is 16.2. The maximum atomic E-state index is 11.7. The quantitative estimate of drug-likeness (QED) is 0.625. The Morgan fingerprint density at radius 3 is 3.07 bits per heavy atom. The van der Waals surface area contributed by atoms with E-state index in [0.717, 1.165) is 11.1 Å². The summed E-state index contributed by atoms with van der Waals surface area (Å²) in [6.07, 6.45) is 1.67. The van der Waals surface area contributed by atoms with Crippen molar-refractivity contribution < 1.29 is 4.79 Å². The van der Waals surface area contributed by atoms with Crippen LogP contribution >= 0.6 is 0 Å². The second kappa shape index (κ2) is 3.86. The van der Waals surface area contributed by atoms with Gasteiger partial charge in [-0.25, -0.2) is 0 Å². The summed E-state index contributed by atoms with van der Waals surface area (Å²) < 4.78 is 0. The molecule has 3 N–H and O–H groups in total. The number of carbonyl (C=O) groups is 1. The summed E-state index contributed by atoms with van der Waals surface area (Å²) in [6, 6.07) is 0. The number of pyridine rings is 1. The number of fused-ring (bicyclic) bond motifs is 1. The summed E-state index contributed by atoms with van der Waals surface area (Å²) in [6.45, 7) is 3.65. The van der Waals surface area contributed by atoms with E-state index in [9.17, 15) is 9.59 Å². The van der Waals surface area contributed by atoms with Gasteiger partial charge in [0.15, 0.2) is 0 Å². The fourth-order valence-electron chi connectivity index (χ4n) is 1.78. The first kappa shape index (κ1) is 9.92. The summed E-state index contributed by atoms with van der Waals surface area (Å²) in [5.41, 5.74) is 1.75. The van der Waals surface area contributed by atoms with Gasteiger partial charge in [0.2, 0.25) is 0 Å². The standard InChI is InChI=1S/C10H13N3O2/c1-2-12-9(14)8-7-5-11-3-6(7)4-13-10(8)15/h4,11H,2-3,5H2,1H3,(H,12,14)(H,13,15). The number of amides is 1. The lowest BCUT2D eigenvalue weighted by atomic mass is 10.1. The molecule has 2 rings (SSSR count). The Morgan fingerprint density at radius 2 is 2.33 bits per heavy atom. The molecule has 0 aromatic carbocycles. The smallest absolute Gasteiger partial charge is 0.261 e. The van der Waals surface area contributed by atoms with Crippen molar-refractivity contribution >= 4 is 5.91 Å². The van der Waals surface area contributed by atoms with Crippen molar-refractivity contribution in [1.82, 2.24) is 15.6 Å². The van der Waals surface area contributed by atoms with E-state index in [2.05, 4.69) is 15.6 Å². The largest absolute Gasteiger partial charge is 0.352 e.